The zero-order valence-corrected chi connectivity index (χ0v) is 9.91. The predicted octanol–water partition coefficient (Wildman–Crippen LogP) is 0.873. The monoisotopic (exact) mass is 267 g/mol. The smallest absolute Gasteiger partial charge is 0.343 e. The van der Waals surface area contributed by atoms with E-state index in [1.54, 1.807) is 0 Å². The number of nitrogens with zero attached hydrogens (tertiary/aromatic N) is 3. The maximum atomic E-state index is 13.5. The Bertz CT molecular complexity index is 599. The van der Waals surface area contributed by atoms with Crippen LogP contribution in [-0.4, -0.2) is 39.8 Å². The molecular weight excluding hydrogens is 257 g/mol. The van der Waals surface area contributed by atoms with E-state index in [0.29, 0.717) is 4.85 Å². The molecule has 2 aromatic heterocycles. The van der Waals surface area contributed by atoms with E-state index in [1.165, 1.54) is 25.4 Å². The molecule has 0 spiro atoms. The molecule has 0 saturated carbocycles. The van der Waals surface area contributed by atoms with Crippen molar-refractivity contribution in [3.63, 3.8) is 0 Å². The molecule has 19 heavy (non-hydrogen) atoms. The largest absolute Gasteiger partial charge is 0.466 e. The number of esters is 1. The highest BCUT2D eigenvalue weighted by Gasteiger charge is 2.14. The molecule has 2 aromatic rings. The number of ether oxygens (including phenoxy) is 2. The number of aromatic nitrogens is 3. The Labute approximate surface area is 107 Å². The molecule has 0 aliphatic rings. The van der Waals surface area contributed by atoms with Crippen LogP contribution in [0.5, 0.6) is 5.88 Å². The molecule has 0 bridgehead atoms. The highest BCUT2D eigenvalue weighted by Crippen LogP contribution is 2.24. The normalized spacial score (nSPS) is 10.2. The third kappa shape index (κ3) is 2.79. The molecule has 0 amide bonds. The molecule has 0 aliphatic heterocycles. The number of carbonyl (C=O) groups is 1. The first-order valence-electron chi connectivity index (χ1n) is 5.20. The summed E-state index contributed by atoms with van der Waals surface area (Å²) in [5, 5.41) is 13.1. The second kappa shape index (κ2) is 5.34. The van der Waals surface area contributed by atoms with Crippen molar-refractivity contribution in [1.29, 1.82) is 0 Å². The van der Waals surface area contributed by atoms with Gasteiger partial charge in [-0.25, -0.2) is 9.18 Å². The van der Waals surface area contributed by atoms with Crippen LogP contribution in [-0.2, 0) is 9.53 Å². The molecule has 0 unspecified atom stereocenters. The first-order valence-corrected chi connectivity index (χ1v) is 5.20. The Hall–Kier alpha value is -2.64. The van der Waals surface area contributed by atoms with Crippen LogP contribution in [0.4, 0.5) is 4.39 Å². The average Bonchev–Trinajstić information content (AvgIpc) is 2.77. The van der Waals surface area contributed by atoms with E-state index < -0.39 is 11.8 Å². The van der Waals surface area contributed by atoms with Crippen LogP contribution in [0.2, 0.25) is 0 Å². The molecule has 0 saturated heterocycles. The van der Waals surface area contributed by atoms with Crippen molar-refractivity contribution < 1.29 is 23.9 Å². The topological polar surface area (TPSA) is 86.5 Å². The van der Waals surface area contributed by atoms with Crippen LogP contribution in [0.15, 0.2) is 24.5 Å². The highest BCUT2D eigenvalue weighted by molar-refractivity contribution is 5.71. The van der Waals surface area contributed by atoms with Gasteiger partial charge in [0, 0.05) is 17.8 Å². The Morgan fingerprint density at radius 1 is 1.58 bits per heavy atom. The van der Waals surface area contributed by atoms with Gasteiger partial charge in [0.05, 0.1) is 13.3 Å². The minimum atomic E-state index is -0.614. The SMILES string of the molecule is COC(=O)COc1cc(-c2ccncc2F)n(O)n1. The zero-order chi connectivity index (χ0) is 13.8. The predicted molar refractivity (Wildman–Crippen MR) is 60.1 cm³/mol. The zero-order valence-electron chi connectivity index (χ0n) is 9.91. The summed E-state index contributed by atoms with van der Waals surface area (Å²) >= 11 is 0. The van der Waals surface area contributed by atoms with E-state index in [2.05, 4.69) is 14.8 Å². The fourth-order valence-electron chi connectivity index (χ4n) is 1.38. The Morgan fingerprint density at radius 3 is 3.05 bits per heavy atom. The Morgan fingerprint density at radius 2 is 2.37 bits per heavy atom. The van der Waals surface area contributed by atoms with Crippen molar-refractivity contribution in [3.8, 4) is 17.1 Å². The van der Waals surface area contributed by atoms with Gasteiger partial charge in [0.25, 0.3) is 0 Å². The number of methoxy groups -OCH3 is 1. The summed E-state index contributed by atoms with van der Waals surface area (Å²) in [6.07, 6.45) is 2.39. The van der Waals surface area contributed by atoms with Crippen LogP contribution >= 0.6 is 0 Å². The summed E-state index contributed by atoms with van der Waals surface area (Å²) in [6, 6.07) is 2.67. The van der Waals surface area contributed by atoms with E-state index in [-0.39, 0.29) is 23.7 Å². The number of rotatable bonds is 4. The van der Waals surface area contributed by atoms with E-state index in [0.717, 1.165) is 6.20 Å². The van der Waals surface area contributed by atoms with Gasteiger partial charge < -0.3 is 14.7 Å². The maximum Gasteiger partial charge on any atom is 0.343 e. The van der Waals surface area contributed by atoms with Gasteiger partial charge in [0.2, 0.25) is 5.88 Å². The molecule has 8 heteroatoms. The quantitative estimate of drug-likeness (QED) is 0.653. The molecular formula is C11H10FN3O4. The third-order valence-corrected chi connectivity index (χ3v) is 2.28. The summed E-state index contributed by atoms with van der Waals surface area (Å²) in [7, 11) is 1.22. The molecule has 0 radical (unpaired) electrons. The second-order valence-corrected chi connectivity index (χ2v) is 3.48. The second-order valence-electron chi connectivity index (χ2n) is 3.48. The lowest BCUT2D eigenvalue weighted by Gasteiger charge is -1.99. The molecule has 0 aromatic carbocycles. The van der Waals surface area contributed by atoms with Gasteiger partial charge in [-0.15, -0.1) is 0 Å². The number of hydrogen-bond acceptors (Lipinski definition) is 6. The van der Waals surface area contributed by atoms with Crippen molar-refractivity contribution in [2.75, 3.05) is 13.7 Å². The van der Waals surface area contributed by atoms with Gasteiger partial charge in [-0.05, 0) is 6.07 Å². The summed E-state index contributed by atoms with van der Waals surface area (Å²) in [6.45, 7) is -0.355. The number of carbonyl (C=O) groups excluding carboxylic acids is 1. The summed E-state index contributed by atoms with van der Waals surface area (Å²) in [5.74, 6) is -1.24. The van der Waals surface area contributed by atoms with Gasteiger partial charge in [-0.1, -0.05) is 9.94 Å². The highest BCUT2D eigenvalue weighted by atomic mass is 19.1. The van der Waals surface area contributed by atoms with Crippen molar-refractivity contribution in [2.24, 2.45) is 0 Å². The van der Waals surface area contributed by atoms with Crippen LogP contribution < -0.4 is 4.74 Å². The van der Waals surface area contributed by atoms with Crippen LogP contribution in [0.3, 0.4) is 0 Å². The van der Waals surface area contributed by atoms with E-state index >= 15 is 0 Å². The van der Waals surface area contributed by atoms with Crippen molar-refractivity contribution in [2.45, 2.75) is 0 Å². The van der Waals surface area contributed by atoms with Crippen LogP contribution in [0.1, 0.15) is 0 Å². The van der Waals surface area contributed by atoms with E-state index in [4.69, 9.17) is 4.74 Å². The minimum Gasteiger partial charge on any atom is -0.466 e. The number of hydrogen-bond donors (Lipinski definition) is 1. The number of halogens is 1. The molecule has 2 rings (SSSR count). The Kier molecular flexibility index (Phi) is 3.60. The first-order chi connectivity index (χ1) is 9.11. The van der Waals surface area contributed by atoms with Gasteiger partial charge in [0.1, 0.15) is 5.69 Å². The number of pyridine rings is 1. The van der Waals surface area contributed by atoms with Crippen molar-refractivity contribution in [1.82, 2.24) is 14.9 Å². The molecule has 0 fully saturated rings. The molecule has 0 aliphatic carbocycles. The van der Waals surface area contributed by atoms with Gasteiger partial charge in [-0.3, -0.25) is 4.98 Å². The standard InChI is InChI=1S/C11H10FN3O4/c1-18-11(16)6-19-10-4-9(15(17)14-10)7-2-3-13-5-8(7)12/h2-5,17H,6H2,1H3. The summed E-state index contributed by atoms with van der Waals surface area (Å²) in [4.78, 5) is 15.0. The molecule has 0 atom stereocenters. The van der Waals surface area contributed by atoms with E-state index in [1.807, 2.05) is 0 Å². The maximum absolute atomic E-state index is 13.5. The lowest BCUT2D eigenvalue weighted by Crippen LogP contribution is -2.12. The average molecular weight is 267 g/mol. The Balaban J connectivity index is 2.22. The van der Waals surface area contributed by atoms with Crippen LogP contribution in [0.25, 0.3) is 11.3 Å². The van der Waals surface area contributed by atoms with Crippen molar-refractivity contribution >= 4 is 5.97 Å². The van der Waals surface area contributed by atoms with Crippen molar-refractivity contribution in [3.05, 3.63) is 30.3 Å². The molecule has 100 valence electrons. The third-order valence-electron chi connectivity index (χ3n) is 2.28. The van der Waals surface area contributed by atoms with Crippen LogP contribution in [0, 0.1) is 5.82 Å². The fraction of sp³-hybridized carbons (Fsp3) is 0.182. The van der Waals surface area contributed by atoms with E-state index in [9.17, 15) is 14.4 Å². The lowest BCUT2D eigenvalue weighted by molar-refractivity contribution is -0.143. The summed E-state index contributed by atoms with van der Waals surface area (Å²) < 4.78 is 22.9. The minimum absolute atomic E-state index is 0.0286. The lowest BCUT2D eigenvalue weighted by atomic mass is 10.2. The molecule has 1 N–H and O–H groups in total. The first kappa shape index (κ1) is 12.8. The molecule has 7 nitrogen and oxygen atoms in total. The van der Waals surface area contributed by atoms with Gasteiger partial charge in [-0.2, -0.15) is 0 Å². The fourth-order valence-corrected chi connectivity index (χ4v) is 1.38. The molecule has 2 heterocycles. The summed E-state index contributed by atoms with van der Waals surface area (Å²) in [5.41, 5.74) is 0.192. The van der Waals surface area contributed by atoms with Gasteiger partial charge in [0.15, 0.2) is 12.4 Å². The van der Waals surface area contributed by atoms with Gasteiger partial charge >= 0.3 is 5.97 Å².